The fourth-order valence-corrected chi connectivity index (χ4v) is 4.48. The highest BCUT2D eigenvalue weighted by atomic mass is 16.5. The van der Waals surface area contributed by atoms with E-state index in [0.29, 0.717) is 24.7 Å². The third kappa shape index (κ3) is 11.0. The highest BCUT2D eigenvalue weighted by Gasteiger charge is 2.15. The van der Waals surface area contributed by atoms with Gasteiger partial charge in [0.05, 0.1) is 18.8 Å². The van der Waals surface area contributed by atoms with E-state index in [1.165, 1.54) is 76.0 Å². The summed E-state index contributed by atoms with van der Waals surface area (Å²) in [4.78, 5) is 12.7. The molecule has 41 heavy (non-hydrogen) atoms. The Balaban J connectivity index is 1.49. The number of aromatic nitrogens is 1. The van der Waals surface area contributed by atoms with Gasteiger partial charge in [-0.15, -0.1) is 0 Å². The SMILES string of the molecule is CCCCCCCCOc1ccc(-c2cc(C(=O)/C=C(\O)c3ccc(OCCCCCCCC)cc3O)no2)cc1. The van der Waals surface area contributed by atoms with Gasteiger partial charge >= 0.3 is 0 Å². The number of nitrogens with zero attached hydrogens (tertiary/aromatic N) is 1. The van der Waals surface area contributed by atoms with Crippen LogP contribution in [0.5, 0.6) is 17.2 Å². The van der Waals surface area contributed by atoms with Gasteiger partial charge in [0.1, 0.15) is 23.0 Å². The van der Waals surface area contributed by atoms with Crippen molar-refractivity contribution in [3.8, 4) is 28.6 Å². The van der Waals surface area contributed by atoms with Gasteiger partial charge in [0.25, 0.3) is 0 Å². The third-order valence-electron chi connectivity index (χ3n) is 6.95. The van der Waals surface area contributed by atoms with Gasteiger partial charge in [-0.3, -0.25) is 4.79 Å². The smallest absolute Gasteiger partial charge is 0.211 e. The zero-order valence-corrected chi connectivity index (χ0v) is 24.6. The number of unbranched alkanes of at least 4 members (excludes halogenated alkanes) is 10. The van der Waals surface area contributed by atoms with Crippen LogP contribution in [0.15, 0.2) is 59.1 Å². The molecule has 0 bridgehead atoms. The summed E-state index contributed by atoms with van der Waals surface area (Å²) < 4.78 is 16.9. The molecular weight excluding hydrogens is 518 g/mol. The first-order chi connectivity index (χ1) is 20.0. The van der Waals surface area contributed by atoms with Crippen LogP contribution in [0.1, 0.15) is 107 Å². The van der Waals surface area contributed by atoms with Crippen molar-refractivity contribution in [1.29, 1.82) is 0 Å². The van der Waals surface area contributed by atoms with Crippen molar-refractivity contribution in [2.75, 3.05) is 13.2 Å². The zero-order valence-electron chi connectivity index (χ0n) is 24.6. The second-order valence-electron chi connectivity index (χ2n) is 10.4. The van der Waals surface area contributed by atoms with Crippen LogP contribution >= 0.6 is 0 Å². The predicted molar refractivity (Wildman–Crippen MR) is 163 cm³/mol. The standard InChI is InChI=1S/C34H45NO6/c1-3-5-7-9-11-13-21-39-27-17-15-26(16-18-27)34-24-30(35-41-34)33(38)25-32(37)29-20-19-28(23-31(29)36)40-22-14-12-10-8-6-4-2/h15-20,23-25,36-37H,3-14,21-22H2,1-2H3/b32-25-. The summed E-state index contributed by atoms with van der Waals surface area (Å²) in [5.41, 5.74) is 0.935. The quantitative estimate of drug-likeness (QED) is 0.0611. The molecule has 3 aromatic rings. The first-order valence-corrected chi connectivity index (χ1v) is 15.1. The van der Waals surface area contributed by atoms with E-state index in [1.807, 2.05) is 24.3 Å². The van der Waals surface area contributed by atoms with E-state index in [-0.39, 0.29) is 22.8 Å². The number of benzene rings is 2. The summed E-state index contributed by atoms with van der Waals surface area (Å²) in [5, 5.41) is 24.8. The molecule has 0 spiro atoms. The molecule has 0 aliphatic rings. The van der Waals surface area contributed by atoms with Crippen LogP contribution in [0, 0.1) is 0 Å². The molecule has 0 saturated heterocycles. The van der Waals surface area contributed by atoms with Crippen LogP contribution in [0.2, 0.25) is 0 Å². The first kappa shape index (κ1) is 31.8. The van der Waals surface area contributed by atoms with E-state index in [1.54, 1.807) is 6.07 Å². The molecule has 222 valence electrons. The van der Waals surface area contributed by atoms with E-state index in [9.17, 15) is 15.0 Å². The summed E-state index contributed by atoms with van der Waals surface area (Å²) in [6.07, 6.45) is 15.3. The van der Waals surface area contributed by atoms with E-state index in [4.69, 9.17) is 14.0 Å². The number of hydrogen-bond donors (Lipinski definition) is 2. The lowest BCUT2D eigenvalue weighted by Crippen LogP contribution is -1.99. The number of phenolic OH excluding ortho intramolecular Hbond substituents is 1. The van der Waals surface area contributed by atoms with Crippen molar-refractivity contribution >= 4 is 11.5 Å². The number of carbonyl (C=O) groups is 1. The Morgan fingerprint density at radius 3 is 1.95 bits per heavy atom. The highest BCUT2D eigenvalue weighted by Crippen LogP contribution is 2.29. The predicted octanol–water partition coefficient (Wildman–Crippen LogP) is 9.31. The average Bonchev–Trinajstić information content (AvgIpc) is 3.47. The minimum Gasteiger partial charge on any atom is -0.507 e. The molecule has 0 aliphatic heterocycles. The fraction of sp³-hybridized carbons (Fsp3) is 0.471. The van der Waals surface area contributed by atoms with E-state index >= 15 is 0 Å². The number of carbonyl (C=O) groups excluding carboxylic acids is 1. The third-order valence-corrected chi connectivity index (χ3v) is 6.95. The number of ether oxygens (including phenoxy) is 2. The lowest BCUT2D eigenvalue weighted by atomic mass is 10.1. The van der Waals surface area contributed by atoms with Crippen LogP contribution in [0.4, 0.5) is 0 Å². The Labute approximate surface area is 244 Å². The minimum absolute atomic E-state index is 0.0494. The molecular formula is C34H45NO6. The monoisotopic (exact) mass is 563 g/mol. The van der Waals surface area contributed by atoms with Crippen LogP contribution in [0.3, 0.4) is 0 Å². The molecule has 0 aliphatic carbocycles. The molecule has 0 amide bonds. The largest absolute Gasteiger partial charge is 0.507 e. The van der Waals surface area contributed by atoms with Crippen molar-refractivity contribution in [3.63, 3.8) is 0 Å². The fourth-order valence-electron chi connectivity index (χ4n) is 4.48. The maximum atomic E-state index is 12.7. The van der Waals surface area contributed by atoms with Crippen molar-refractivity contribution < 1.29 is 29.0 Å². The van der Waals surface area contributed by atoms with Gasteiger partial charge in [0.15, 0.2) is 11.5 Å². The van der Waals surface area contributed by atoms with Crippen LogP contribution < -0.4 is 9.47 Å². The molecule has 0 fully saturated rings. The van der Waals surface area contributed by atoms with Gasteiger partial charge < -0.3 is 24.2 Å². The van der Waals surface area contributed by atoms with E-state index in [0.717, 1.165) is 36.7 Å². The summed E-state index contributed by atoms with van der Waals surface area (Å²) in [5.74, 6) is 0.638. The average molecular weight is 564 g/mol. The molecule has 2 N–H and O–H groups in total. The van der Waals surface area contributed by atoms with Crippen LogP contribution in [0.25, 0.3) is 17.1 Å². The van der Waals surface area contributed by atoms with Gasteiger partial charge in [0, 0.05) is 23.8 Å². The molecule has 0 unspecified atom stereocenters. The Morgan fingerprint density at radius 2 is 1.34 bits per heavy atom. The van der Waals surface area contributed by atoms with Gasteiger partial charge in [-0.25, -0.2) is 0 Å². The summed E-state index contributed by atoms with van der Waals surface area (Å²) in [7, 11) is 0. The van der Waals surface area contributed by atoms with Gasteiger partial charge in [-0.2, -0.15) is 0 Å². The number of aliphatic hydroxyl groups is 1. The number of allylic oxidation sites excluding steroid dienone is 1. The summed E-state index contributed by atoms with van der Waals surface area (Å²) >= 11 is 0. The molecule has 1 aromatic heterocycles. The maximum absolute atomic E-state index is 12.7. The minimum atomic E-state index is -0.542. The van der Waals surface area contributed by atoms with E-state index < -0.39 is 5.78 Å². The van der Waals surface area contributed by atoms with Gasteiger partial charge in [0.2, 0.25) is 5.78 Å². The highest BCUT2D eigenvalue weighted by molar-refractivity contribution is 6.07. The second kappa shape index (κ2) is 17.8. The maximum Gasteiger partial charge on any atom is 0.211 e. The Hall–Kier alpha value is -3.74. The van der Waals surface area contributed by atoms with Crippen LogP contribution in [-0.2, 0) is 0 Å². The van der Waals surface area contributed by atoms with E-state index in [2.05, 4.69) is 19.0 Å². The normalized spacial score (nSPS) is 11.5. The van der Waals surface area contributed by atoms with Crippen molar-refractivity contribution in [3.05, 3.63) is 65.9 Å². The first-order valence-electron chi connectivity index (χ1n) is 15.1. The summed E-state index contributed by atoms with van der Waals surface area (Å²) in [6.45, 7) is 5.66. The Kier molecular flexibility index (Phi) is 13.8. The molecule has 2 aromatic carbocycles. The van der Waals surface area contributed by atoms with Crippen molar-refractivity contribution in [1.82, 2.24) is 5.16 Å². The Bertz CT molecular complexity index is 1210. The van der Waals surface area contributed by atoms with Gasteiger partial charge in [-0.05, 0) is 49.2 Å². The van der Waals surface area contributed by atoms with Crippen molar-refractivity contribution in [2.24, 2.45) is 0 Å². The lowest BCUT2D eigenvalue weighted by molar-refractivity contribution is 0.103. The Morgan fingerprint density at radius 1 is 0.780 bits per heavy atom. The molecule has 0 atom stereocenters. The molecule has 7 nitrogen and oxygen atoms in total. The number of hydrogen-bond acceptors (Lipinski definition) is 7. The number of aromatic hydroxyl groups is 1. The number of rotatable bonds is 20. The van der Waals surface area contributed by atoms with Gasteiger partial charge in [-0.1, -0.05) is 83.2 Å². The zero-order chi connectivity index (χ0) is 29.3. The lowest BCUT2D eigenvalue weighted by Gasteiger charge is -2.09. The van der Waals surface area contributed by atoms with Crippen molar-refractivity contribution in [2.45, 2.75) is 90.9 Å². The molecule has 7 heteroatoms. The molecule has 1 heterocycles. The summed E-state index contributed by atoms with van der Waals surface area (Å²) in [6, 6.07) is 13.6. The molecule has 0 radical (unpaired) electrons. The molecule has 3 rings (SSSR count). The number of phenols is 1. The van der Waals surface area contributed by atoms with Crippen LogP contribution in [-0.4, -0.2) is 34.4 Å². The number of aliphatic hydroxyl groups excluding tert-OH is 1. The second-order valence-corrected chi connectivity index (χ2v) is 10.4. The number of ketones is 1. The molecule has 0 saturated carbocycles. The topological polar surface area (TPSA) is 102 Å².